The van der Waals surface area contributed by atoms with Crippen LogP contribution in [0, 0.1) is 0 Å². The van der Waals surface area contributed by atoms with Crippen molar-refractivity contribution in [2.45, 2.75) is 6.92 Å². The van der Waals surface area contributed by atoms with Crippen LogP contribution in [-0.2, 0) is 0 Å². The summed E-state index contributed by atoms with van der Waals surface area (Å²) in [6, 6.07) is 7.27. The van der Waals surface area contributed by atoms with E-state index in [1.807, 2.05) is 19.1 Å². The number of furan rings is 1. The average Bonchev–Trinajstić information content (AvgIpc) is 2.82. The molecular formula is C13H12O3. The van der Waals surface area contributed by atoms with E-state index in [2.05, 4.69) is 0 Å². The van der Waals surface area contributed by atoms with Crippen molar-refractivity contribution in [1.82, 2.24) is 0 Å². The van der Waals surface area contributed by atoms with Crippen LogP contribution in [0.25, 0.3) is 11.1 Å². The topological polar surface area (TPSA) is 39.4 Å². The number of hydrogen-bond acceptors (Lipinski definition) is 3. The lowest BCUT2D eigenvalue weighted by molar-refractivity contribution is 0.112. The van der Waals surface area contributed by atoms with Gasteiger partial charge in [0.25, 0.3) is 0 Å². The fourth-order valence-electron chi connectivity index (χ4n) is 1.54. The van der Waals surface area contributed by atoms with Crippen molar-refractivity contribution in [3.05, 3.63) is 42.4 Å². The molecule has 0 spiro atoms. The van der Waals surface area contributed by atoms with Gasteiger partial charge in [0.05, 0.1) is 19.1 Å². The SMILES string of the molecule is CCOc1cc(C=O)cc(-c2ccoc2)c1. The maximum atomic E-state index is 10.8. The minimum absolute atomic E-state index is 0.577. The minimum atomic E-state index is 0.577. The molecule has 3 heteroatoms. The van der Waals surface area contributed by atoms with Crippen molar-refractivity contribution in [1.29, 1.82) is 0 Å². The molecule has 0 aliphatic carbocycles. The molecule has 82 valence electrons. The molecule has 0 fully saturated rings. The third-order valence-electron chi connectivity index (χ3n) is 2.23. The summed E-state index contributed by atoms with van der Waals surface area (Å²) in [7, 11) is 0. The molecule has 1 heterocycles. The highest BCUT2D eigenvalue weighted by molar-refractivity contribution is 5.80. The molecule has 0 atom stereocenters. The van der Waals surface area contributed by atoms with E-state index < -0.39 is 0 Å². The zero-order chi connectivity index (χ0) is 11.4. The molecule has 0 unspecified atom stereocenters. The minimum Gasteiger partial charge on any atom is -0.494 e. The van der Waals surface area contributed by atoms with Crippen LogP contribution in [0.1, 0.15) is 17.3 Å². The highest BCUT2D eigenvalue weighted by atomic mass is 16.5. The summed E-state index contributed by atoms with van der Waals surface area (Å²) >= 11 is 0. The lowest BCUT2D eigenvalue weighted by atomic mass is 10.1. The Labute approximate surface area is 93.7 Å². The van der Waals surface area contributed by atoms with Gasteiger partial charge < -0.3 is 9.15 Å². The summed E-state index contributed by atoms with van der Waals surface area (Å²) in [6.45, 7) is 2.48. The van der Waals surface area contributed by atoms with E-state index in [9.17, 15) is 4.79 Å². The van der Waals surface area contributed by atoms with E-state index in [1.54, 1.807) is 24.7 Å². The lowest BCUT2D eigenvalue weighted by Gasteiger charge is -2.06. The summed E-state index contributed by atoms with van der Waals surface area (Å²) in [5, 5.41) is 0. The molecule has 2 aromatic rings. The summed E-state index contributed by atoms with van der Waals surface area (Å²) in [5.74, 6) is 0.698. The third-order valence-corrected chi connectivity index (χ3v) is 2.23. The molecule has 0 saturated heterocycles. The van der Waals surface area contributed by atoms with Crippen LogP contribution < -0.4 is 4.74 Å². The monoisotopic (exact) mass is 216 g/mol. The van der Waals surface area contributed by atoms with E-state index in [0.29, 0.717) is 17.9 Å². The van der Waals surface area contributed by atoms with E-state index >= 15 is 0 Å². The van der Waals surface area contributed by atoms with Gasteiger partial charge in [-0.25, -0.2) is 0 Å². The normalized spacial score (nSPS) is 10.1. The second-order valence-corrected chi connectivity index (χ2v) is 3.35. The zero-order valence-corrected chi connectivity index (χ0v) is 8.97. The highest BCUT2D eigenvalue weighted by Crippen LogP contribution is 2.26. The molecule has 0 amide bonds. The Bertz CT molecular complexity index is 472. The van der Waals surface area contributed by atoms with Gasteiger partial charge in [-0.1, -0.05) is 0 Å². The Morgan fingerprint density at radius 3 is 2.81 bits per heavy atom. The fourth-order valence-corrected chi connectivity index (χ4v) is 1.54. The molecule has 0 radical (unpaired) electrons. The maximum absolute atomic E-state index is 10.8. The van der Waals surface area contributed by atoms with Gasteiger partial charge in [0.15, 0.2) is 0 Å². The van der Waals surface area contributed by atoms with Gasteiger partial charge in [0.1, 0.15) is 12.0 Å². The van der Waals surface area contributed by atoms with Crippen LogP contribution >= 0.6 is 0 Å². The molecule has 3 nitrogen and oxygen atoms in total. The van der Waals surface area contributed by atoms with Crippen molar-refractivity contribution in [3.63, 3.8) is 0 Å². The predicted octanol–water partition coefficient (Wildman–Crippen LogP) is 3.16. The first-order valence-corrected chi connectivity index (χ1v) is 5.09. The van der Waals surface area contributed by atoms with Crippen LogP contribution in [0.4, 0.5) is 0 Å². The standard InChI is InChI=1S/C13H12O3/c1-2-16-13-6-10(8-14)5-12(7-13)11-3-4-15-9-11/h3-9H,2H2,1H3. The van der Waals surface area contributed by atoms with Crippen molar-refractivity contribution in [2.75, 3.05) is 6.61 Å². The van der Waals surface area contributed by atoms with Gasteiger partial charge in [-0.15, -0.1) is 0 Å². The number of carbonyl (C=O) groups is 1. The van der Waals surface area contributed by atoms with E-state index in [-0.39, 0.29) is 0 Å². The molecular weight excluding hydrogens is 204 g/mol. The quantitative estimate of drug-likeness (QED) is 0.737. The predicted molar refractivity (Wildman–Crippen MR) is 60.7 cm³/mol. The second-order valence-electron chi connectivity index (χ2n) is 3.35. The smallest absolute Gasteiger partial charge is 0.150 e. The first-order chi connectivity index (χ1) is 7.83. The number of aldehydes is 1. The van der Waals surface area contributed by atoms with Gasteiger partial charge >= 0.3 is 0 Å². The van der Waals surface area contributed by atoms with Crippen molar-refractivity contribution in [3.8, 4) is 16.9 Å². The lowest BCUT2D eigenvalue weighted by Crippen LogP contribution is -1.93. The van der Waals surface area contributed by atoms with Crippen LogP contribution in [0.15, 0.2) is 41.2 Å². The summed E-state index contributed by atoms with van der Waals surface area (Å²) < 4.78 is 10.4. The first kappa shape index (κ1) is 10.5. The van der Waals surface area contributed by atoms with Crippen LogP contribution in [0.2, 0.25) is 0 Å². The zero-order valence-electron chi connectivity index (χ0n) is 8.97. The second kappa shape index (κ2) is 4.66. The van der Waals surface area contributed by atoms with E-state index in [1.165, 1.54) is 0 Å². The Morgan fingerprint density at radius 2 is 2.19 bits per heavy atom. The Morgan fingerprint density at radius 1 is 1.31 bits per heavy atom. The number of ether oxygens (including phenoxy) is 1. The largest absolute Gasteiger partial charge is 0.494 e. The molecule has 1 aromatic carbocycles. The molecule has 2 rings (SSSR count). The molecule has 0 aliphatic heterocycles. The Kier molecular flexibility index (Phi) is 3.05. The van der Waals surface area contributed by atoms with Crippen molar-refractivity contribution in [2.24, 2.45) is 0 Å². The number of rotatable bonds is 4. The van der Waals surface area contributed by atoms with Crippen molar-refractivity contribution < 1.29 is 13.9 Å². The molecule has 1 aromatic heterocycles. The summed E-state index contributed by atoms with van der Waals surface area (Å²) in [6.07, 6.45) is 4.05. The molecule has 0 saturated carbocycles. The van der Waals surface area contributed by atoms with Gasteiger partial charge in [-0.2, -0.15) is 0 Å². The van der Waals surface area contributed by atoms with Crippen molar-refractivity contribution >= 4 is 6.29 Å². The van der Waals surface area contributed by atoms with E-state index in [0.717, 1.165) is 17.4 Å². The van der Waals surface area contributed by atoms with Crippen LogP contribution in [0.5, 0.6) is 5.75 Å². The Balaban J connectivity index is 2.44. The number of hydrogen-bond donors (Lipinski definition) is 0. The van der Waals surface area contributed by atoms with E-state index in [4.69, 9.17) is 9.15 Å². The first-order valence-electron chi connectivity index (χ1n) is 5.09. The third kappa shape index (κ3) is 2.14. The molecule has 0 aliphatic rings. The van der Waals surface area contributed by atoms with Crippen LogP contribution in [0.3, 0.4) is 0 Å². The summed E-state index contributed by atoms with van der Waals surface area (Å²) in [4.78, 5) is 10.8. The molecule has 0 N–H and O–H groups in total. The molecule has 0 bridgehead atoms. The number of benzene rings is 1. The fraction of sp³-hybridized carbons (Fsp3) is 0.154. The van der Waals surface area contributed by atoms with Crippen LogP contribution in [-0.4, -0.2) is 12.9 Å². The maximum Gasteiger partial charge on any atom is 0.150 e. The Hall–Kier alpha value is -2.03. The van der Waals surface area contributed by atoms with Gasteiger partial charge in [0, 0.05) is 11.1 Å². The average molecular weight is 216 g/mol. The van der Waals surface area contributed by atoms with Gasteiger partial charge in [-0.05, 0) is 36.8 Å². The van der Waals surface area contributed by atoms with Gasteiger partial charge in [0.2, 0.25) is 0 Å². The highest BCUT2D eigenvalue weighted by Gasteiger charge is 2.04. The molecule has 16 heavy (non-hydrogen) atoms. The summed E-state index contributed by atoms with van der Waals surface area (Å²) in [5.41, 5.74) is 2.45. The van der Waals surface area contributed by atoms with Gasteiger partial charge in [-0.3, -0.25) is 4.79 Å². The number of carbonyl (C=O) groups excluding carboxylic acids is 1.